The first kappa shape index (κ1) is 15.3. The number of nitrogens with zero attached hydrogens (tertiary/aromatic N) is 1. The molecule has 2 rings (SSSR count). The van der Waals surface area contributed by atoms with Crippen molar-refractivity contribution < 1.29 is 28.0 Å². The van der Waals surface area contributed by atoms with Crippen molar-refractivity contribution in [2.24, 2.45) is 0 Å². The van der Waals surface area contributed by atoms with Gasteiger partial charge in [-0.2, -0.15) is 4.39 Å². The highest BCUT2D eigenvalue weighted by Gasteiger charge is 2.24. The molecule has 1 saturated heterocycles. The molecule has 0 radical (unpaired) electrons. The monoisotopic (exact) mass is 301 g/mol. The average Bonchev–Trinajstić information content (AvgIpc) is 2.47. The van der Waals surface area contributed by atoms with Crippen LogP contribution >= 0.6 is 0 Å². The number of hydrogen-bond acceptors (Lipinski definition) is 5. The lowest BCUT2D eigenvalue weighted by Gasteiger charge is -2.22. The molecule has 1 fully saturated rings. The van der Waals surface area contributed by atoms with E-state index in [9.17, 15) is 23.7 Å². The van der Waals surface area contributed by atoms with Crippen molar-refractivity contribution >= 4 is 11.7 Å². The Balaban J connectivity index is 2.05. The van der Waals surface area contributed by atoms with E-state index in [1.807, 2.05) is 0 Å². The van der Waals surface area contributed by atoms with Gasteiger partial charge in [0.2, 0.25) is 5.82 Å². The number of carbonyl (C=O) groups excluding carboxylic acids is 1. The average molecular weight is 301 g/mol. The first-order valence-electron chi connectivity index (χ1n) is 6.41. The molecular formula is C13H13F2NO5. The van der Waals surface area contributed by atoms with Crippen LogP contribution in [0.1, 0.15) is 29.6 Å². The van der Waals surface area contributed by atoms with Crippen molar-refractivity contribution in [3.8, 4) is 0 Å². The molecule has 0 bridgehead atoms. The van der Waals surface area contributed by atoms with Crippen molar-refractivity contribution in [2.75, 3.05) is 13.2 Å². The Morgan fingerprint density at radius 3 is 2.76 bits per heavy atom. The van der Waals surface area contributed by atoms with Gasteiger partial charge in [0.05, 0.1) is 22.7 Å². The van der Waals surface area contributed by atoms with E-state index in [1.54, 1.807) is 0 Å². The van der Waals surface area contributed by atoms with Gasteiger partial charge in [-0.1, -0.05) is 0 Å². The number of esters is 1. The molecule has 114 valence electrons. The topological polar surface area (TPSA) is 78.7 Å². The van der Waals surface area contributed by atoms with E-state index in [0.717, 1.165) is 19.3 Å². The molecule has 1 aromatic carbocycles. The maximum Gasteiger partial charge on any atom is 0.341 e. The summed E-state index contributed by atoms with van der Waals surface area (Å²) in [5.74, 6) is -3.56. The molecule has 1 heterocycles. The van der Waals surface area contributed by atoms with Crippen LogP contribution in [0.25, 0.3) is 0 Å². The molecule has 1 atom stereocenters. The van der Waals surface area contributed by atoms with E-state index in [-0.39, 0.29) is 12.7 Å². The lowest BCUT2D eigenvalue weighted by atomic mass is 10.1. The van der Waals surface area contributed by atoms with E-state index in [1.165, 1.54) is 0 Å². The molecule has 1 aliphatic rings. The predicted molar refractivity (Wildman–Crippen MR) is 66.9 cm³/mol. The molecule has 1 aliphatic heterocycles. The van der Waals surface area contributed by atoms with Gasteiger partial charge >= 0.3 is 11.7 Å². The number of nitro groups is 1. The summed E-state index contributed by atoms with van der Waals surface area (Å²) >= 11 is 0. The number of rotatable bonds is 4. The summed E-state index contributed by atoms with van der Waals surface area (Å²) in [4.78, 5) is 21.1. The van der Waals surface area contributed by atoms with E-state index >= 15 is 0 Å². The van der Waals surface area contributed by atoms with Crippen molar-refractivity contribution in [1.82, 2.24) is 0 Å². The zero-order chi connectivity index (χ0) is 15.4. The molecule has 8 heteroatoms. The summed E-state index contributed by atoms with van der Waals surface area (Å²) in [6, 6.07) is 0.834. The van der Waals surface area contributed by atoms with Gasteiger partial charge in [0, 0.05) is 6.61 Å². The maximum absolute atomic E-state index is 13.6. The van der Waals surface area contributed by atoms with E-state index in [2.05, 4.69) is 0 Å². The minimum Gasteiger partial charge on any atom is -0.459 e. The Labute approximate surface area is 118 Å². The van der Waals surface area contributed by atoms with Crippen LogP contribution < -0.4 is 0 Å². The minimum absolute atomic E-state index is 0.0587. The molecular weight excluding hydrogens is 288 g/mol. The Morgan fingerprint density at radius 2 is 2.14 bits per heavy atom. The van der Waals surface area contributed by atoms with Crippen molar-refractivity contribution in [3.05, 3.63) is 39.4 Å². The van der Waals surface area contributed by atoms with E-state index < -0.39 is 33.8 Å². The zero-order valence-electron chi connectivity index (χ0n) is 11.0. The molecule has 0 amide bonds. The highest BCUT2D eigenvalue weighted by molar-refractivity contribution is 5.90. The molecule has 1 aromatic rings. The van der Waals surface area contributed by atoms with Crippen LogP contribution in [0.2, 0.25) is 0 Å². The molecule has 21 heavy (non-hydrogen) atoms. The van der Waals surface area contributed by atoms with Crippen molar-refractivity contribution in [3.63, 3.8) is 0 Å². The van der Waals surface area contributed by atoms with Crippen molar-refractivity contribution in [2.45, 2.75) is 25.4 Å². The number of carbonyl (C=O) groups is 1. The number of nitro benzene ring substituents is 1. The van der Waals surface area contributed by atoms with Crippen LogP contribution in [0.4, 0.5) is 14.5 Å². The highest BCUT2D eigenvalue weighted by Crippen LogP contribution is 2.22. The molecule has 0 aliphatic carbocycles. The third kappa shape index (κ3) is 3.72. The van der Waals surface area contributed by atoms with Gasteiger partial charge in [-0.05, 0) is 25.3 Å². The fourth-order valence-corrected chi connectivity index (χ4v) is 2.02. The molecule has 0 aromatic heterocycles. The first-order chi connectivity index (χ1) is 9.99. The minimum atomic E-state index is -1.29. The van der Waals surface area contributed by atoms with Crippen LogP contribution in [0, 0.1) is 21.7 Å². The Kier molecular flexibility index (Phi) is 4.79. The second kappa shape index (κ2) is 6.57. The summed E-state index contributed by atoms with van der Waals surface area (Å²) in [7, 11) is 0. The molecule has 1 unspecified atom stereocenters. The standard InChI is InChI=1S/C13H13F2NO5/c14-10-6-12(16(18)19)11(15)5-9(10)13(17)21-7-8-3-1-2-4-20-8/h5-6,8H,1-4,7H2. The van der Waals surface area contributed by atoms with Crippen LogP contribution in [-0.4, -0.2) is 30.2 Å². The summed E-state index contributed by atoms with van der Waals surface area (Å²) in [6.07, 6.45) is 2.36. The Hall–Kier alpha value is -2.09. The zero-order valence-corrected chi connectivity index (χ0v) is 11.0. The van der Waals surface area contributed by atoms with Gasteiger partial charge < -0.3 is 9.47 Å². The maximum atomic E-state index is 13.6. The fraction of sp³-hybridized carbons (Fsp3) is 0.462. The van der Waals surface area contributed by atoms with Crippen LogP contribution in [0.15, 0.2) is 12.1 Å². The summed E-state index contributed by atoms with van der Waals surface area (Å²) in [5, 5.41) is 10.5. The number of ether oxygens (including phenoxy) is 2. The lowest BCUT2D eigenvalue weighted by Crippen LogP contribution is -2.26. The third-order valence-electron chi connectivity index (χ3n) is 3.13. The van der Waals surface area contributed by atoms with Gasteiger partial charge in [-0.3, -0.25) is 10.1 Å². The van der Waals surface area contributed by atoms with Crippen molar-refractivity contribution in [1.29, 1.82) is 0 Å². The van der Waals surface area contributed by atoms with Crippen LogP contribution in [0.3, 0.4) is 0 Å². The van der Waals surface area contributed by atoms with Crippen LogP contribution in [0.5, 0.6) is 0 Å². The molecule has 0 spiro atoms. The quantitative estimate of drug-likeness (QED) is 0.485. The highest BCUT2D eigenvalue weighted by atomic mass is 19.1. The summed E-state index contributed by atoms with van der Waals surface area (Å²) in [6.45, 7) is 0.514. The molecule has 0 saturated carbocycles. The van der Waals surface area contributed by atoms with Gasteiger partial charge in [0.15, 0.2) is 0 Å². The van der Waals surface area contributed by atoms with Gasteiger partial charge in [-0.15, -0.1) is 0 Å². The Morgan fingerprint density at radius 1 is 1.38 bits per heavy atom. The number of hydrogen-bond donors (Lipinski definition) is 0. The second-order valence-corrected chi connectivity index (χ2v) is 4.63. The lowest BCUT2D eigenvalue weighted by molar-refractivity contribution is -0.387. The normalized spacial score (nSPS) is 18.3. The number of halogens is 2. The first-order valence-corrected chi connectivity index (χ1v) is 6.41. The summed E-state index contributed by atoms with van der Waals surface area (Å²) in [5.41, 5.74) is -1.70. The SMILES string of the molecule is O=C(OCC1CCCCO1)c1cc(F)c([N+](=O)[O-])cc1F. The smallest absolute Gasteiger partial charge is 0.341 e. The predicted octanol–water partition coefficient (Wildman–Crippen LogP) is 2.60. The molecule has 0 N–H and O–H groups in total. The Bertz CT molecular complexity index is 558. The molecule has 6 nitrogen and oxygen atoms in total. The summed E-state index contributed by atoms with van der Waals surface area (Å²) < 4.78 is 37.2. The van der Waals surface area contributed by atoms with E-state index in [0.29, 0.717) is 18.7 Å². The second-order valence-electron chi connectivity index (χ2n) is 4.63. The fourth-order valence-electron chi connectivity index (χ4n) is 2.02. The van der Waals surface area contributed by atoms with E-state index in [4.69, 9.17) is 9.47 Å². The van der Waals surface area contributed by atoms with Gasteiger partial charge in [0.1, 0.15) is 12.4 Å². The van der Waals surface area contributed by atoms with Gasteiger partial charge in [0.25, 0.3) is 0 Å². The third-order valence-corrected chi connectivity index (χ3v) is 3.13. The number of benzene rings is 1. The van der Waals surface area contributed by atoms with Gasteiger partial charge in [-0.25, -0.2) is 9.18 Å². The van der Waals surface area contributed by atoms with Crippen LogP contribution in [-0.2, 0) is 9.47 Å². The largest absolute Gasteiger partial charge is 0.459 e.